The predicted octanol–water partition coefficient (Wildman–Crippen LogP) is 2.67. The number of nitrogens with two attached hydrogens (primary N) is 1. The summed E-state index contributed by atoms with van der Waals surface area (Å²) in [5, 5.41) is 4.10. The quantitative estimate of drug-likeness (QED) is 0.903. The summed E-state index contributed by atoms with van der Waals surface area (Å²) < 4.78 is 15.6. The average molecular weight is 245 g/mol. The molecule has 0 spiro atoms. The molecule has 1 aromatic heterocycles. The average Bonchev–Trinajstić information content (AvgIpc) is 2.99. The summed E-state index contributed by atoms with van der Waals surface area (Å²) in [7, 11) is 0. The molecule has 1 fully saturated rings. The molecule has 0 bridgehead atoms. The van der Waals surface area contributed by atoms with Gasteiger partial charge in [-0.1, -0.05) is 25.1 Å². The molecule has 3 atom stereocenters. The zero-order chi connectivity index (χ0) is 12.7. The van der Waals surface area contributed by atoms with E-state index < -0.39 is 0 Å². The van der Waals surface area contributed by atoms with Crippen LogP contribution in [0.2, 0.25) is 0 Å². The molecule has 0 aliphatic heterocycles. The van der Waals surface area contributed by atoms with Crippen LogP contribution in [-0.4, -0.2) is 9.78 Å². The Labute approximate surface area is 105 Å². The minimum absolute atomic E-state index is 0.238. The monoisotopic (exact) mass is 245 g/mol. The Hall–Kier alpha value is -1.68. The molecule has 3 unspecified atom stereocenters. The Balaban J connectivity index is 1.93. The van der Waals surface area contributed by atoms with E-state index in [0.717, 1.165) is 12.1 Å². The van der Waals surface area contributed by atoms with Gasteiger partial charge in [-0.2, -0.15) is 9.49 Å². The van der Waals surface area contributed by atoms with Crippen molar-refractivity contribution in [2.75, 3.05) is 0 Å². The Kier molecular flexibility index (Phi) is 2.67. The summed E-state index contributed by atoms with van der Waals surface area (Å²) >= 11 is 0. The third-order valence-electron chi connectivity index (χ3n) is 3.73. The van der Waals surface area contributed by atoms with E-state index in [0.29, 0.717) is 17.4 Å². The third kappa shape index (κ3) is 1.82. The number of hydrogen-bond donors (Lipinski definition) is 1. The second-order valence-corrected chi connectivity index (χ2v) is 5.04. The molecule has 18 heavy (non-hydrogen) atoms. The smallest absolute Gasteiger partial charge is 0.221 e. The molecule has 1 saturated carbocycles. The lowest BCUT2D eigenvalue weighted by Gasteiger charge is -2.08. The fourth-order valence-corrected chi connectivity index (χ4v) is 2.40. The number of benzene rings is 1. The standard InChI is InChI=1S/C14H16FN3/c1-9-7-11(9)13(16)12-8-17-18(14(12)15)10-5-3-2-4-6-10/h2-6,8-9,11,13H,7,16H2,1H3. The molecule has 1 aliphatic carbocycles. The highest BCUT2D eigenvalue weighted by Gasteiger charge is 2.40. The van der Waals surface area contributed by atoms with Gasteiger partial charge >= 0.3 is 0 Å². The minimum atomic E-state index is -0.340. The molecule has 2 N–H and O–H groups in total. The Morgan fingerprint density at radius 3 is 2.67 bits per heavy atom. The van der Waals surface area contributed by atoms with Crippen LogP contribution in [0.5, 0.6) is 0 Å². The normalized spacial score (nSPS) is 23.9. The van der Waals surface area contributed by atoms with Gasteiger partial charge in [-0.15, -0.1) is 0 Å². The van der Waals surface area contributed by atoms with Crippen LogP contribution in [0.4, 0.5) is 4.39 Å². The van der Waals surface area contributed by atoms with Crippen molar-refractivity contribution in [3.05, 3.63) is 48.0 Å². The van der Waals surface area contributed by atoms with Gasteiger partial charge in [-0.3, -0.25) is 0 Å². The Morgan fingerprint density at radius 2 is 2.06 bits per heavy atom. The molecule has 1 heterocycles. The van der Waals surface area contributed by atoms with Gasteiger partial charge < -0.3 is 5.73 Å². The highest BCUT2D eigenvalue weighted by Crippen LogP contribution is 2.46. The summed E-state index contributed by atoms with van der Waals surface area (Å²) in [6, 6.07) is 9.02. The third-order valence-corrected chi connectivity index (χ3v) is 3.73. The van der Waals surface area contributed by atoms with Gasteiger partial charge in [-0.25, -0.2) is 4.68 Å². The van der Waals surface area contributed by atoms with Crippen molar-refractivity contribution in [3.8, 4) is 5.69 Å². The van der Waals surface area contributed by atoms with E-state index >= 15 is 0 Å². The van der Waals surface area contributed by atoms with Gasteiger partial charge in [0, 0.05) is 11.6 Å². The largest absolute Gasteiger partial charge is 0.324 e. The number of nitrogens with zero attached hydrogens (tertiary/aromatic N) is 2. The number of rotatable bonds is 3. The first-order valence-electron chi connectivity index (χ1n) is 6.23. The van der Waals surface area contributed by atoms with Crippen LogP contribution >= 0.6 is 0 Å². The van der Waals surface area contributed by atoms with Gasteiger partial charge in [-0.05, 0) is 30.4 Å². The summed E-state index contributed by atoms with van der Waals surface area (Å²) in [6.45, 7) is 2.14. The van der Waals surface area contributed by atoms with E-state index in [1.165, 1.54) is 4.68 Å². The fraction of sp³-hybridized carbons (Fsp3) is 0.357. The number of halogens is 1. The Bertz CT molecular complexity index is 549. The second-order valence-electron chi connectivity index (χ2n) is 5.04. The minimum Gasteiger partial charge on any atom is -0.324 e. The van der Waals surface area contributed by atoms with E-state index in [9.17, 15) is 4.39 Å². The summed E-state index contributed by atoms with van der Waals surface area (Å²) in [4.78, 5) is 0. The number of para-hydroxylation sites is 1. The van der Waals surface area contributed by atoms with Crippen molar-refractivity contribution in [2.45, 2.75) is 19.4 Å². The molecule has 1 aliphatic rings. The highest BCUT2D eigenvalue weighted by atomic mass is 19.1. The predicted molar refractivity (Wildman–Crippen MR) is 67.7 cm³/mol. The van der Waals surface area contributed by atoms with Crippen LogP contribution in [0.1, 0.15) is 24.9 Å². The summed E-state index contributed by atoms with van der Waals surface area (Å²) in [5.41, 5.74) is 7.33. The van der Waals surface area contributed by atoms with Gasteiger partial charge in [0.15, 0.2) is 0 Å². The summed E-state index contributed by atoms with van der Waals surface area (Å²) in [5.74, 6) is 0.653. The van der Waals surface area contributed by atoms with Crippen molar-refractivity contribution in [2.24, 2.45) is 17.6 Å². The molecule has 3 nitrogen and oxygen atoms in total. The van der Waals surface area contributed by atoms with Crippen molar-refractivity contribution < 1.29 is 4.39 Å². The lowest BCUT2D eigenvalue weighted by molar-refractivity contribution is 0.496. The molecule has 0 saturated heterocycles. The number of aromatic nitrogens is 2. The van der Waals surface area contributed by atoms with Crippen LogP contribution < -0.4 is 5.73 Å². The van der Waals surface area contributed by atoms with Crippen LogP contribution in [0, 0.1) is 17.8 Å². The lowest BCUT2D eigenvalue weighted by Crippen LogP contribution is -2.15. The van der Waals surface area contributed by atoms with E-state index in [2.05, 4.69) is 12.0 Å². The first-order chi connectivity index (χ1) is 8.68. The van der Waals surface area contributed by atoms with Crippen molar-refractivity contribution in [1.29, 1.82) is 0 Å². The first kappa shape index (κ1) is 11.4. The van der Waals surface area contributed by atoms with Crippen LogP contribution in [-0.2, 0) is 0 Å². The maximum Gasteiger partial charge on any atom is 0.221 e. The van der Waals surface area contributed by atoms with E-state index in [1.54, 1.807) is 6.20 Å². The van der Waals surface area contributed by atoms with Crippen LogP contribution in [0.15, 0.2) is 36.5 Å². The molecular weight excluding hydrogens is 229 g/mol. The summed E-state index contributed by atoms with van der Waals surface area (Å²) in [6.07, 6.45) is 2.63. The molecule has 94 valence electrons. The van der Waals surface area contributed by atoms with Crippen molar-refractivity contribution in [3.63, 3.8) is 0 Å². The Morgan fingerprint density at radius 1 is 1.39 bits per heavy atom. The highest BCUT2D eigenvalue weighted by molar-refractivity contribution is 5.32. The van der Waals surface area contributed by atoms with E-state index in [-0.39, 0.29) is 12.0 Å². The van der Waals surface area contributed by atoms with E-state index in [4.69, 9.17) is 5.73 Å². The van der Waals surface area contributed by atoms with E-state index in [1.807, 2.05) is 30.3 Å². The first-order valence-corrected chi connectivity index (χ1v) is 6.23. The van der Waals surface area contributed by atoms with Crippen molar-refractivity contribution in [1.82, 2.24) is 9.78 Å². The molecule has 0 radical (unpaired) electrons. The maximum atomic E-state index is 14.3. The molecule has 4 heteroatoms. The molecule has 1 aromatic carbocycles. The zero-order valence-electron chi connectivity index (χ0n) is 10.3. The van der Waals surface area contributed by atoms with Crippen molar-refractivity contribution >= 4 is 0 Å². The topological polar surface area (TPSA) is 43.8 Å². The zero-order valence-corrected chi connectivity index (χ0v) is 10.3. The molecule has 3 rings (SSSR count). The SMILES string of the molecule is CC1CC1C(N)c1cnn(-c2ccccc2)c1F. The van der Waals surface area contributed by atoms with Gasteiger partial charge in [0.2, 0.25) is 5.95 Å². The molecule has 0 amide bonds. The molecule has 2 aromatic rings. The molecular formula is C14H16FN3. The van der Waals surface area contributed by atoms with Gasteiger partial charge in [0.25, 0.3) is 0 Å². The maximum absolute atomic E-state index is 14.3. The number of hydrogen-bond acceptors (Lipinski definition) is 2. The lowest BCUT2D eigenvalue weighted by atomic mass is 10.1. The van der Waals surface area contributed by atoms with Crippen LogP contribution in [0.25, 0.3) is 5.69 Å². The van der Waals surface area contributed by atoms with Gasteiger partial charge in [0.1, 0.15) is 0 Å². The van der Waals surface area contributed by atoms with Crippen LogP contribution in [0.3, 0.4) is 0 Å². The fourth-order valence-electron chi connectivity index (χ4n) is 2.40. The van der Waals surface area contributed by atoms with Gasteiger partial charge in [0.05, 0.1) is 11.9 Å². The second kappa shape index (κ2) is 4.21.